The topological polar surface area (TPSA) is 46.5 Å². The minimum absolute atomic E-state index is 0.0615. The first kappa shape index (κ1) is 13.0. The number of carboxylic acids is 1. The highest BCUT2D eigenvalue weighted by Crippen LogP contribution is 2.44. The number of benzene rings is 1. The van der Waals surface area contributed by atoms with Gasteiger partial charge < -0.3 is 9.84 Å². The third-order valence-corrected chi connectivity index (χ3v) is 3.39. The van der Waals surface area contributed by atoms with Gasteiger partial charge in [-0.3, -0.25) is 4.79 Å². The van der Waals surface area contributed by atoms with Crippen LogP contribution in [0.1, 0.15) is 36.3 Å². The van der Waals surface area contributed by atoms with Gasteiger partial charge in [-0.1, -0.05) is 12.1 Å². The van der Waals surface area contributed by atoms with Crippen LogP contribution in [0.25, 0.3) is 0 Å². The molecular formula is C14H17FO3. The average molecular weight is 252 g/mol. The van der Waals surface area contributed by atoms with E-state index < -0.39 is 5.97 Å². The van der Waals surface area contributed by atoms with E-state index in [9.17, 15) is 9.18 Å². The lowest BCUT2D eigenvalue weighted by molar-refractivity contribution is -0.137. The fourth-order valence-electron chi connectivity index (χ4n) is 2.31. The Kier molecular flexibility index (Phi) is 3.97. The smallest absolute Gasteiger partial charge is 0.303 e. The number of methoxy groups -OCH3 is 1. The van der Waals surface area contributed by atoms with Gasteiger partial charge in [0.1, 0.15) is 5.82 Å². The van der Waals surface area contributed by atoms with Crippen molar-refractivity contribution in [3.8, 4) is 0 Å². The minimum atomic E-state index is -0.826. The monoisotopic (exact) mass is 252 g/mol. The maximum Gasteiger partial charge on any atom is 0.303 e. The van der Waals surface area contributed by atoms with Crippen molar-refractivity contribution in [3.05, 3.63) is 35.1 Å². The summed E-state index contributed by atoms with van der Waals surface area (Å²) in [6, 6.07) is 4.97. The molecule has 1 fully saturated rings. The number of halogens is 1. The molecule has 0 heterocycles. The highest BCUT2D eigenvalue weighted by atomic mass is 19.1. The van der Waals surface area contributed by atoms with Crippen LogP contribution in [-0.4, -0.2) is 18.2 Å². The van der Waals surface area contributed by atoms with Crippen molar-refractivity contribution in [3.63, 3.8) is 0 Å². The Morgan fingerprint density at radius 3 is 2.78 bits per heavy atom. The van der Waals surface area contributed by atoms with Gasteiger partial charge in [0.25, 0.3) is 0 Å². The van der Waals surface area contributed by atoms with Crippen molar-refractivity contribution in [1.82, 2.24) is 0 Å². The van der Waals surface area contributed by atoms with Crippen molar-refractivity contribution in [2.45, 2.75) is 31.8 Å². The molecule has 1 aromatic carbocycles. The minimum Gasteiger partial charge on any atom is -0.481 e. The molecular weight excluding hydrogens is 235 g/mol. The predicted octanol–water partition coefficient (Wildman–Crippen LogP) is 2.94. The van der Waals surface area contributed by atoms with E-state index in [-0.39, 0.29) is 24.8 Å². The van der Waals surface area contributed by atoms with E-state index in [1.807, 2.05) is 6.07 Å². The molecule has 1 N–H and O–H groups in total. The molecule has 0 saturated heterocycles. The SMILES string of the molecule is COCc1ccc(C(CC(=O)O)C2CC2)cc1F. The van der Waals surface area contributed by atoms with Crippen LogP contribution in [-0.2, 0) is 16.1 Å². The molecule has 98 valence electrons. The molecule has 1 unspecified atom stereocenters. The second-order valence-corrected chi connectivity index (χ2v) is 4.83. The van der Waals surface area contributed by atoms with E-state index in [4.69, 9.17) is 9.84 Å². The molecule has 0 bridgehead atoms. The molecule has 1 aromatic rings. The molecule has 18 heavy (non-hydrogen) atoms. The third-order valence-electron chi connectivity index (χ3n) is 3.39. The van der Waals surface area contributed by atoms with E-state index in [0.717, 1.165) is 18.4 Å². The van der Waals surface area contributed by atoms with Crippen molar-refractivity contribution < 1.29 is 19.0 Å². The molecule has 1 saturated carbocycles. The zero-order valence-electron chi connectivity index (χ0n) is 10.4. The van der Waals surface area contributed by atoms with Crippen molar-refractivity contribution in [1.29, 1.82) is 0 Å². The van der Waals surface area contributed by atoms with Gasteiger partial charge >= 0.3 is 5.97 Å². The van der Waals surface area contributed by atoms with Gasteiger partial charge in [-0.2, -0.15) is 0 Å². The lowest BCUT2D eigenvalue weighted by atomic mass is 9.90. The Balaban J connectivity index is 2.19. The summed E-state index contributed by atoms with van der Waals surface area (Å²) in [5.41, 5.74) is 1.29. The summed E-state index contributed by atoms with van der Waals surface area (Å²) in [6.07, 6.45) is 2.16. The molecule has 0 amide bonds. The Bertz CT molecular complexity index is 441. The fraction of sp³-hybridized carbons (Fsp3) is 0.500. The molecule has 0 radical (unpaired) electrons. The molecule has 0 aliphatic heterocycles. The number of carboxylic acid groups (broad SMARTS) is 1. The van der Waals surface area contributed by atoms with E-state index in [0.29, 0.717) is 11.5 Å². The first-order chi connectivity index (χ1) is 8.61. The van der Waals surface area contributed by atoms with Crippen molar-refractivity contribution >= 4 is 5.97 Å². The Labute approximate surface area is 106 Å². The summed E-state index contributed by atoms with van der Waals surface area (Å²) < 4.78 is 18.7. The zero-order valence-corrected chi connectivity index (χ0v) is 10.4. The second kappa shape index (κ2) is 5.48. The lowest BCUT2D eigenvalue weighted by Crippen LogP contribution is -2.09. The van der Waals surface area contributed by atoms with Crippen LogP contribution in [0, 0.1) is 11.7 Å². The van der Waals surface area contributed by atoms with E-state index in [1.165, 1.54) is 13.2 Å². The Morgan fingerprint density at radius 2 is 2.28 bits per heavy atom. The molecule has 4 heteroatoms. The van der Waals surface area contributed by atoms with Crippen LogP contribution in [0.3, 0.4) is 0 Å². The predicted molar refractivity (Wildman–Crippen MR) is 64.8 cm³/mol. The molecule has 1 aliphatic carbocycles. The van der Waals surface area contributed by atoms with Crippen molar-refractivity contribution in [2.24, 2.45) is 5.92 Å². The van der Waals surface area contributed by atoms with Gasteiger partial charge in [-0.05, 0) is 36.3 Å². The first-order valence-electron chi connectivity index (χ1n) is 6.11. The summed E-state index contributed by atoms with van der Waals surface area (Å²) in [4.78, 5) is 10.9. The molecule has 2 rings (SSSR count). The number of hydrogen-bond donors (Lipinski definition) is 1. The normalized spacial score (nSPS) is 16.6. The van der Waals surface area contributed by atoms with Crippen molar-refractivity contribution in [2.75, 3.05) is 7.11 Å². The highest BCUT2D eigenvalue weighted by Gasteiger charge is 2.33. The zero-order chi connectivity index (χ0) is 13.1. The molecule has 1 aliphatic rings. The van der Waals surface area contributed by atoms with Crippen LogP contribution in [0.5, 0.6) is 0 Å². The summed E-state index contributed by atoms with van der Waals surface area (Å²) >= 11 is 0. The highest BCUT2D eigenvalue weighted by molar-refractivity contribution is 5.68. The second-order valence-electron chi connectivity index (χ2n) is 4.83. The largest absolute Gasteiger partial charge is 0.481 e. The van der Waals surface area contributed by atoms with Gasteiger partial charge in [0.05, 0.1) is 13.0 Å². The van der Waals surface area contributed by atoms with E-state index >= 15 is 0 Å². The summed E-state index contributed by atoms with van der Waals surface area (Å²) in [5, 5.41) is 8.92. The van der Waals surface area contributed by atoms with Gasteiger partial charge in [0, 0.05) is 12.7 Å². The maximum absolute atomic E-state index is 13.8. The quantitative estimate of drug-likeness (QED) is 0.846. The third kappa shape index (κ3) is 3.07. The summed E-state index contributed by atoms with van der Waals surface area (Å²) in [5.74, 6) is -0.805. The summed E-state index contributed by atoms with van der Waals surface area (Å²) in [7, 11) is 1.52. The van der Waals surface area contributed by atoms with Gasteiger partial charge in [0.15, 0.2) is 0 Å². The fourth-order valence-corrected chi connectivity index (χ4v) is 2.31. The Hall–Kier alpha value is -1.42. The molecule has 0 aromatic heterocycles. The van der Waals surface area contributed by atoms with E-state index in [2.05, 4.69) is 0 Å². The standard InChI is InChI=1S/C14H17FO3/c1-18-8-11-5-4-10(6-13(11)15)12(7-14(16)17)9-2-3-9/h4-6,9,12H,2-3,7-8H2,1H3,(H,16,17). The maximum atomic E-state index is 13.8. The number of aliphatic carboxylic acids is 1. The molecule has 3 nitrogen and oxygen atoms in total. The van der Waals surface area contributed by atoms with Crippen LogP contribution < -0.4 is 0 Å². The number of ether oxygens (including phenoxy) is 1. The molecule has 1 atom stereocenters. The van der Waals surface area contributed by atoms with Crippen LogP contribution >= 0.6 is 0 Å². The van der Waals surface area contributed by atoms with Gasteiger partial charge in [-0.25, -0.2) is 4.39 Å². The number of carbonyl (C=O) groups is 1. The van der Waals surface area contributed by atoms with Crippen LogP contribution in [0.2, 0.25) is 0 Å². The van der Waals surface area contributed by atoms with E-state index in [1.54, 1.807) is 6.07 Å². The average Bonchev–Trinajstić information content (AvgIpc) is 3.13. The Morgan fingerprint density at radius 1 is 1.56 bits per heavy atom. The number of hydrogen-bond acceptors (Lipinski definition) is 2. The molecule has 0 spiro atoms. The van der Waals surface area contributed by atoms with Gasteiger partial charge in [0.2, 0.25) is 0 Å². The van der Waals surface area contributed by atoms with Gasteiger partial charge in [-0.15, -0.1) is 0 Å². The number of rotatable bonds is 6. The lowest BCUT2D eigenvalue weighted by Gasteiger charge is -2.15. The first-order valence-corrected chi connectivity index (χ1v) is 6.11. The van der Waals surface area contributed by atoms with Crippen LogP contribution in [0.15, 0.2) is 18.2 Å². The summed E-state index contributed by atoms with van der Waals surface area (Å²) in [6.45, 7) is 0.235. The van der Waals surface area contributed by atoms with Crippen LogP contribution in [0.4, 0.5) is 4.39 Å².